The van der Waals surface area contributed by atoms with E-state index in [0.29, 0.717) is 33.1 Å². The van der Waals surface area contributed by atoms with Crippen LogP contribution in [0.2, 0.25) is 0 Å². The highest BCUT2D eigenvalue weighted by Crippen LogP contribution is 2.24. The van der Waals surface area contributed by atoms with Crippen LogP contribution >= 0.6 is 0 Å². The molecule has 0 atom stereocenters. The molecule has 2 aromatic rings. The Labute approximate surface area is 166 Å². The number of methoxy groups -OCH3 is 2. The lowest BCUT2D eigenvalue weighted by Crippen LogP contribution is -2.37. The number of amides is 1. The third-order valence-corrected chi connectivity index (χ3v) is 3.93. The molecule has 0 fully saturated rings. The number of carbonyl (C=O) groups is 1. The SMILES string of the molecule is COc1cc(/C=C/C(=O)N(Cc2ccc(C#N)cc2)CC(F)(F)F)cc(OC)c1. The third kappa shape index (κ3) is 6.88. The van der Waals surface area contributed by atoms with Crippen LogP contribution in [0.25, 0.3) is 6.08 Å². The molecule has 2 aromatic carbocycles. The molecular weight excluding hydrogens is 385 g/mol. The monoisotopic (exact) mass is 404 g/mol. The van der Waals surface area contributed by atoms with E-state index in [9.17, 15) is 18.0 Å². The predicted molar refractivity (Wildman–Crippen MR) is 101 cm³/mol. The number of carbonyl (C=O) groups excluding carboxylic acids is 1. The summed E-state index contributed by atoms with van der Waals surface area (Å²) in [6, 6.07) is 12.8. The Morgan fingerprint density at radius 1 is 1.10 bits per heavy atom. The van der Waals surface area contributed by atoms with Crippen molar-refractivity contribution < 1.29 is 27.4 Å². The van der Waals surface area contributed by atoms with Crippen molar-refractivity contribution >= 4 is 12.0 Å². The van der Waals surface area contributed by atoms with Crippen LogP contribution in [0.15, 0.2) is 48.5 Å². The lowest BCUT2D eigenvalue weighted by Gasteiger charge is -2.23. The van der Waals surface area contributed by atoms with Crippen molar-refractivity contribution in [3.63, 3.8) is 0 Å². The summed E-state index contributed by atoms with van der Waals surface area (Å²) >= 11 is 0. The molecule has 0 unspecified atom stereocenters. The summed E-state index contributed by atoms with van der Waals surface area (Å²) in [5, 5.41) is 8.81. The number of halogens is 3. The van der Waals surface area contributed by atoms with E-state index in [1.165, 1.54) is 44.6 Å². The van der Waals surface area contributed by atoms with Crippen LogP contribution in [0.3, 0.4) is 0 Å². The Hall–Kier alpha value is -3.47. The quantitative estimate of drug-likeness (QED) is 0.650. The highest BCUT2D eigenvalue weighted by atomic mass is 19.4. The Morgan fingerprint density at radius 2 is 1.69 bits per heavy atom. The molecule has 8 heteroatoms. The lowest BCUT2D eigenvalue weighted by atomic mass is 10.1. The average molecular weight is 404 g/mol. The van der Waals surface area contributed by atoms with E-state index in [0.717, 1.165) is 6.08 Å². The zero-order valence-electron chi connectivity index (χ0n) is 15.9. The second kappa shape index (κ2) is 9.64. The van der Waals surface area contributed by atoms with Gasteiger partial charge in [-0.05, 0) is 41.5 Å². The molecule has 0 spiro atoms. The molecule has 29 heavy (non-hydrogen) atoms. The van der Waals surface area contributed by atoms with Crippen molar-refractivity contribution in [2.24, 2.45) is 0 Å². The fourth-order valence-corrected chi connectivity index (χ4v) is 2.53. The summed E-state index contributed by atoms with van der Waals surface area (Å²) in [6.07, 6.45) is -2.07. The van der Waals surface area contributed by atoms with Crippen LogP contribution in [0.5, 0.6) is 11.5 Å². The molecule has 0 N–H and O–H groups in total. The minimum Gasteiger partial charge on any atom is -0.497 e. The first-order valence-electron chi connectivity index (χ1n) is 8.50. The van der Waals surface area contributed by atoms with Crippen molar-refractivity contribution in [2.75, 3.05) is 20.8 Å². The van der Waals surface area contributed by atoms with E-state index in [1.807, 2.05) is 6.07 Å². The van der Waals surface area contributed by atoms with Gasteiger partial charge in [-0.15, -0.1) is 0 Å². The maximum atomic E-state index is 13.0. The number of alkyl halides is 3. The molecule has 0 aliphatic heterocycles. The van der Waals surface area contributed by atoms with Crippen molar-refractivity contribution in [3.8, 4) is 17.6 Å². The molecule has 0 aliphatic rings. The Balaban J connectivity index is 2.22. The molecule has 0 heterocycles. The molecule has 0 radical (unpaired) electrons. The largest absolute Gasteiger partial charge is 0.497 e. The van der Waals surface area contributed by atoms with Crippen LogP contribution in [0.4, 0.5) is 13.2 Å². The summed E-state index contributed by atoms with van der Waals surface area (Å²) in [5.74, 6) is 0.177. The minimum atomic E-state index is -4.55. The van der Waals surface area contributed by atoms with E-state index < -0.39 is 18.6 Å². The van der Waals surface area contributed by atoms with Gasteiger partial charge in [-0.2, -0.15) is 18.4 Å². The second-order valence-corrected chi connectivity index (χ2v) is 6.10. The van der Waals surface area contributed by atoms with E-state index >= 15 is 0 Å². The summed E-state index contributed by atoms with van der Waals surface area (Å²) in [6.45, 7) is -1.63. The Kier molecular flexibility index (Phi) is 7.26. The molecule has 152 valence electrons. The van der Waals surface area contributed by atoms with Gasteiger partial charge in [-0.1, -0.05) is 12.1 Å². The average Bonchev–Trinajstić information content (AvgIpc) is 2.70. The van der Waals surface area contributed by atoms with Crippen molar-refractivity contribution in [1.29, 1.82) is 5.26 Å². The zero-order valence-corrected chi connectivity index (χ0v) is 15.9. The number of rotatable bonds is 7. The highest BCUT2D eigenvalue weighted by molar-refractivity contribution is 5.92. The van der Waals surface area contributed by atoms with Gasteiger partial charge in [0.05, 0.1) is 25.9 Å². The minimum absolute atomic E-state index is 0.240. The van der Waals surface area contributed by atoms with Crippen molar-refractivity contribution in [3.05, 3.63) is 65.2 Å². The zero-order chi connectivity index (χ0) is 21.4. The van der Waals surface area contributed by atoms with Gasteiger partial charge in [-0.3, -0.25) is 4.79 Å². The van der Waals surface area contributed by atoms with Gasteiger partial charge >= 0.3 is 6.18 Å². The number of hydrogen-bond acceptors (Lipinski definition) is 4. The highest BCUT2D eigenvalue weighted by Gasteiger charge is 2.32. The first-order valence-corrected chi connectivity index (χ1v) is 8.50. The van der Waals surface area contributed by atoms with Gasteiger partial charge < -0.3 is 14.4 Å². The Bertz CT molecular complexity index is 894. The number of nitriles is 1. The maximum absolute atomic E-state index is 13.0. The molecule has 1 amide bonds. The van der Waals surface area contributed by atoms with Crippen LogP contribution < -0.4 is 9.47 Å². The predicted octanol–water partition coefficient (Wildman–Crippen LogP) is 4.18. The van der Waals surface area contributed by atoms with Crippen LogP contribution in [0, 0.1) is 11.3 Å². The van der Waals surface area contributed by atoms with Gasteiger partial charge in [0.2, 0.25) is 5.91 Å². The van der Waals surface area contributed by atoms with E-state index in [2.05, 4.69) is 0 Å². The number of nitrogens with zero attached hydrogens (tertiary/aromatic N) is 2. The first-order chi connectivity index (χ1) is 13.7. The molecule has 0 aliphatic carbocycles. The van der Waals surface area contributed by atoms with Crippen LogP contribution in [0.1, 0.15) is 16.7 Å². The molecule has 0 saturated heterocycles. The number of benzene rings is 2. The summed E-state index contributed by atoms with van der Waals surface area (Å²) in [4.78, 5) is 13.1. The fraction of sp³-hybridized carbons (Fsp3) is 0.238. The molecular formula is C21H19F3N2O3. The van der Waals surface area contributed by atoms with Gasteiger partial charge in [0.15, 0.2) is 0 Å². The van der Waals surface area contributed by atoms with E-state index in [1.54, 1.807) is 18.2 Å². The van der Waals surface area contributed by atoms with E-state index in [4.69, 9.17) is 14.7 Å². The topological polar surface area (TPSA) is 62.6 Å². The van der Waals surface area contributed by atoms with Crippen molar-refractivity contribution in [2.45, 2.75) is 12.7 Å². The van der Waals surface area contributed by atoms with Gasteiger partial charge in [0.25, 0.3) is 0 Å². The molecule has 0 saturated carbocycles. The maximum Gasteiger partial charge on any atom is 0.406 e. The summed E-state index contributed by atoms with van der Waals surface area (Å²) in [7, 11) is 2.94. The molecule has 0 bridgehead atoms. The number of ether oxygens (including phenoxy) is 2. The Morgan fingerprint density at radius 3 is 2.17 bits per heavy atom. The fourth-order valence-electron chi connectivity index (χ4n) is 2.53. The lowest BCUT2D eigenvalue weighted by molar-refractivity contribution is -0.159. The smallest absolute Gasteiger partial charge is 0.406 e. The molecule has 5 nitrogen and oxygen atoms in total. The first kappa shape index (κ1) is 21.8. The van der Waals surface area contributed by atoms with E-state index in [-0.39, 0.29) is 6.54 Å². The van der Waals surface area contributed by atoms with Gasteiger partial charge in [-0.25, -0.2) is 0 Å². The van der Waals surface area contributed by atoms with Crippen LogP contribution in [-0.4, -0.2) is 37.7 Å². The second-order valence-electron chi connectivity index (χ2n) is 6.10. The van der Waals surface area contributed by atoms with Gasteiger partial charge in [0.1, 0.15) is 18.0 Å². The summed E-state index contributed by atoms with van der Waals surface area (Å²) < 4.78 is 49.1. The summed E-state index contributed by atoms with van der Waals surface area (Å²) in [5.41, 5.74) is 1.41. The van der Waals surface area contributed by atoms with Gasteiger partial charge in [0, 0.05) is 18.7 Å². The normalized spacial score (nSPS) is 11.2. The molecule has 2 rings (SSSR count). The van der Waals surface area contributed by atoms with Crippen molar-refractivity contribution in [1.82, 2.24) is 4.90 Å². The third-order valence-electron chi connectivity index (χ3n) is 3.93. The molecule has 0 aromatic heterocycles. The standard InChI is InChI=1S/C21H19F3N2O3/c1-28-18-9-17(10-19(11-18)29-2)7-8-20(27)26(14-21(22,23)24)13-16-5-3-15(12-25)4-6-16/h3-11H,13-14H2,1-2H3/b8-7+. The van der Waals surface area contributed by atoms with Crippen LogP contribution in [-0.2, 0) is 11.3 Å². The number of hydrogen-bond donors (Lipinski definition) is 0.